The molecule has 0 spiro atoms. The van der Waals surface area contributed by atoms with Gasteiger partial charge in [0, 0.05) is 24.6 Å². The van der Waals surface area contributed by atoms with Gasteiger partial charge in [-0.05, 0) is 18.6 Å². The lowest BCUT2D eigenvalue weighted by molar-refractivity contribution is -0.141. The van der Waals surface area contributed by atoms with E-state index < -0.39 is 11.9 Å². The normalized spacial score (nSPS) is 19.1. The van der Waals surface area contributed by atoms with Crippen LogP contribution in [0.25, 0.3) is 0 Å². The summed E-state index contributed by atoms with van der Waals surface area (Å²) in [7, 11) is 0. The molecule has 27 heavy (non-hydrogen) atoms. The molecule has 2 aromatic rings. The van der Waals surface area contributed by atoms with Crippen molar-refractivity contribution in [3.05, 3.63) is 64.7 Å². The van der Waals surface area contributed by atoms with Gasteiger partial charge in [-0.25, -0.2) is 0 Å². The minimum Gasteiger partial charge on any atom is -0.492 e. The van der Waals surface area contributed by atoms with Gasteiger partial charge in [0.15, 0.2) is 0 Å². The third-order valence-corrected chi connectivity index (χ3v) is 5.19. The summed E-state index contributed by atoms with van der Waals surface area (Å²) in [6.45, 7) is 2.91. The summed E-state index contributed by atoms with van der Waals surface area (Å²) in [5.74, 6) is -1.30. The van der Waals surface area contributed by atoms with E-state index in [0.29, 0.717) is 29.5 Å². The molecule has 1 saturated heterocycles. The van der Waals surface area contributed by atoms with Crippen LogP contribution in [0.5, 0.6) is 5.75 Å². The lowest BCUT2D eigenvalue weighted by atomic mass is 9.89. The molecule has 0 unspecified atom stereocenters. The zero-order chi connectivity index (χ0) is 19.4. The number of aliphatic carboxylic acids is 1. The monoisotopic (exact) mass is 387 g/mol. The predicted molar refractivity (Wildman–Crippen MR) is 103 cm³/mol. The molecule has 1 N–H and O–H groups in total. The first-order chi connectivity index (χ1) is 13.0. The molecule has 0 aliphatic carbocycles. The van der Waals surface area contributed by atoms with E-state index in [2.05, 4.69) is 0 Å². The number of carboxylic acids is 1. The van der Waals surface area contributed by atoms with Crippen molar-refractivity contribution in [2.24, 2.45) is 5.92 Å². The third kappa shape index (κ3) is 4.25. The second-order valence-corrected chi connectivity index (χ2v) is 7.01. The number of carbonyl (C=O) groups is 2. The van der Waals surface area contributed by atoms with Gasteiger partial charge in [0.05, 0.1) is 24.0 Å². The zero-order valence-corrected chi connectivity index (χ0v) is 15.9. The van der Waals surface area contributed by atoms with E-state index in [1.165, 1.54) is 0 Å². The largest absolute Gasteiger partial charge is 0.492 e. The van der Waals surface area contributed by atoms with Gasteiger partial charge >= 0.3 is 5.97 Å². The standard InChI is InChI=1S/C21H22ClNO4/c1-2-27-20-15(9-6-10-18(20)22)11-19(24)23-12-16(17(13-23)21(25)26)14-7-4-3-5-8-14/h3-10,16-17H,2,11-13H2,1H3,(H,25,26)/t16-,17-/m0/s1. The highest BCUT2D eigenvalue weighted by Gasteiger charge is 2.40. The zero-order valence-electron chi connectivity index (χ0n) is 15.1. The number of amides is 1. The van der Waals surface area contributed by atoms with E-state index >= 15 is 0 Å². The molecule has 3 rings (SSSR count). The number of hydrogen-bond acceptors (Lipinski definition) is 3. The minimum absolute atomic E-state index is 0.122. The van der Waals surface area contributed by atoms with Crippen molar-refractivity contribution in [1.29, 1.82) is 0 Å². The third-order valence-electron chi connectivity index (χ3n) is 4.90. The van der Waals surface area contributed by atoms with Gasteiger partial charge in [-0.2, -0.15) is 0 Å². The van der Waals surface area contributed by atoms with E-state index in [1.807, 2.05) is 43.3 Å². The Labute approximate surface area is 163 Å². The minimum atomic E-state index is -0.878. The number of rotatable bonds is 6. The number of carboxylic acid groups (broad SMARTS) is 1. The van der Waals surface area contributed by atoms with Crippen LogP contribution < -0.4 is 4.74 Å². The number of halogens is 1. The summed E-state index contributed by atoms with van der Waals surface area (Å²) in [5.41, 5.74) is 1.65. The van der Waals surface area contributed by atoms with Crippen molar-refractivity contribution >= 4 is 23.5 Å². The van der Waals surface area contributed by atoms with Gasteiger partial charge in [-0.1, -0.05) is 54.1 Å². The molecule has 2 atom stereocenters. The van der Waals surface area contributed by atoms with Crippen LogP contribution in [-0.4, -0.2) is 41.6 Å². The maximum Gasteiger partial charge on any atom is 0.308 e. The van der Waals surface area contributed by atoms with Crippen LogP contribution in [-0.2, 0) is 16.0 Å². The summed E-state index contributed by atoms with van der Waals surface area (Å²) in [6, 6.07) is 14.8. The quantitative estimate of drug-likeness (QED) is 0.822. The molecule has 0 aromatic heterocycles. The van der Waals surface area contributed by atoms with Gasteiger partial charge < -0.3 is 14.7 Å². The molecule has 1 heterocycles. The van der Waals surface area contributed by atoms with E-state index in [9.17, 15) is 14.7 Å². The Morgan fingerprint density at radius 3 is 2.56 bits per heavy atom. The molecule has 0 radical (unpaired) electrons. The number of ether oxygens (including phenoxy) is 1. The van der Waals surface area contributed by atoms with Crippen LogP contribution in [0.4, 0.5) is 0 Å². The number of hydrogen-bond donors (Lipinski definition) is 1. The van der Waals surface area contributed by atoms with Crippen LogP contribution >= 0.6 is 11.6 Å². The first kappa shape index (κ1) is 19.2. The fourth-order valence-corrected chi connectivity index (χ4v) is 3.82. The molecule has 1 amide bonds. The molecular formula is C21H22ClNO4. The van der Waals surface area contributed by atoms with Crippen molar-refractivity contribution in [2.75, 3.05) is 19.7 Å². The van der Waals surface area contributed by atoms with Crippen molar-refractivity contribution < 1.29 is 19.4 Å². The van der Waals surface area contributed by atoms with E-state index in [1.54, 1.807) is 17.0 Å². The lowest BCUT2D eigenvalue weighted by Gasteiger charge is -2.18. The van der Waals surface area contributed by atoms with Crippen LogP contribution in [0, 0.1) is 5.92 Å². The van der Waals surface area contributed by atoms with Gasteiger partial charge in [0.25, 0.3) is 0 Å². The Kier molecular flexibility index (Phi) is 6.01. The average molecular weight is 388 g/mol. The molecule has 1 aliphatic rings. The summed E-state index contributed by atoms with van der Waals surface area (Å²) in [6.07, 6.45) is 0.129. The highest BCUT2D eigenvalue weighted by atomic mass is 35.5. The molecule has 142 valence electrons. The molecule has 0 bridgehead atoms. The smallest absolute Gasteiger partial charge is 0.308 e. The Morgan fingerprint density at radius 1 is 1.15 bits per heavy atom. The average Bonchev–Trinajstić information content (AvgIpc) is 3.11. The van der Waals surface area contributed by atoms with Gasteiger partial charge in [-0.15, -0.1) is 0 Å². The SMILES string of the molecule is CCOc1c(Cl)cccc1CC(=O)N1C[C@H](C(=O)O)[C@H](c2ccccc2)C1. The lowest BCUT2D eigenvalue weighted by Crippen LogP contribution is -2.31. The fraction of sp³-hybridized carbons (Fsp3) is 0.333. The Bertz CT molecular complexity index is 824. The van der Waals surface area contributed by atoms with E-state index in [4.69, 9.17) is 16.3 Å². The number of benzene rings is 2. The second-order valence-electron chi connectivity index (χ2n) is 6.60. The highest BCUT2D eigenvalue weighted by molar-refractivity contribution is 6.32. The van der Waals surface area contributed by atoms with Crippen LogP contribution in [0.15, 0.2) is 48.5 Å². The van der Waals surface area contributed by atoms with Gasteiger partial charge in [0.2, 0.25) is 5.91 Å². The molecule has 5 nitrogen and oxygen atoms in total. The number of nitrogens with zero attached hydrogens (tertiary/aromatic N) is 1. The van der Waals surface area contributed by atoms with Crippen molar-refractivity contribution in [3.63, 3.8) is 0 Å². The van der Waals surface area contributed by atoms with Crippen molar-refractivity contribution in [2.45, 2.75) is 19.3 Å². The van der Waals surface area contributed by atoms with Gasteiger partial charge in [-0.3, -0.25) is 9.59 Å². The first-order valence-corrected chi connectivity index (χ1v) is 9.34. The van der Waals surface area contributed by atoms with E-state index in [0.717, 1.165) is 5.56 Å². The fourth-order valence-electron chi connectivity index (χ4n) is 3.57. The predicted octanol–water partition coefficient (Wildman–Crippen LogP) is 3.61. The molecule has 1 aliphatic heterocycles. The van der Waals surface area contributed by atoms with E-state index in [-0.39, 0.29) is 24.8 Å². The molecular weight excluding hydrogens is 366 g/mol. The Balaban J connectivity index is 1.78. The van der Waals surface area contributed by atoms with Crippen molar-refractivity contribution in [1.82, 2.24) is 4.90 Å². The maximum absolute atomic E-state index is 12.9. The molecule has 2 aromatic carbocycles. The van der Waals surface area contributed by atoms with Gasteiger partial charge in [0.1, 0.15) is 5.75 Å². The topological polar surface area (TPSA) is 66.8 Å². The number of likely N-dealkylation sites (tertiary alicyclic amines) is 1. The number of carbonyl (C=O) groups excluding carboxylic acids is 1. The molecule has 0 saturated carbocycles. The molecule has 1 fully saturated rings. The second kappa shape index (κ2) is 8.44. The molecule has 6 heteroatoms. The Morgan fingerprint density at radius 2 is 1.89 bits per heavy atom. The highest BCUT2D eigenvalue weighted by Crippen LogP contribution is 2.34. The van der Waals surface area contributed by atoms with Crippen molar-refractivity contribution in [3.8, 4) is 5.75 Å². The summed E-state index contributed by atoms with van der Waals surface area (Å²) < 4.78 is 5.58. The maximum atomic E-state index is 12.9. The summed E-state index contributed by atoms with van der Waals surface area (Å²) in [4.78, 5) is 26.2. The van der Waals surface area contributed by atoms with Crippen LogP contribution in [0.1, 0.15) is 24.0 Å². The first-order valence-electron chi connectivity index (χ1n) is 8.97. The number of para-hydroxylation sites is 1. The summed E-state index contributed by atoms with van der Waals surface area (Å²) >= 11 is 6.19. The summed E-state index contributed by atoms with van der Waals surface area (Å²) in [5, 5.41) is 10.1. The van der Waals surface area contributed by atoms with Crippen LogP contribution in [0.3, 0.4) is 0 Å². The van der Waals surface area contributed by atoms with Crippen LogP contribution in [0.2, 0.25) is 5.02 Å². The Hall–Kier alpha value is -2.53.